The summed E-state index contributed by atoms with van der Waals surface area (Å²) < 4.78 is 6.69. The summed E-state index contributed by atoms with van der Waals surface area (Å²) in [7, 11) is 0. The molecule has 0 atom stereocenters. The fourth-order valence-corrected chi connectivity index (χ4v) is 3.52. The molecule has 0 bridgehead atoms. The summed E-state index contributed by atoms with van der Waals surface area (Å²) >= 11 is 1.33. The molecule has 1 aliphatic heterocycles. The van der Waals surface area contributed by atoms with Crippen LogP contribution in [0.2, 0.25) is 0 Å². The van der Waals surface area contributed by atoms with Gasteiger partial charge in [-0.15, -0.1) is 5.10 Å². The molecule has 2 aromatic rings. The van der Waals surface area contributed by atoms with Crippen molar-refractivity contribution in [2.45, 2.75) is 31.8 Å². The number of aromatic nitrogens is 4. The van der Waals surface area contributed by atoms with Gasteiger partial charge in [-0.2, -0.15) is 4.68 Å². The van der Waals surface area contributed by atoms with Gasteiger partial charge in [-0.3, -0.25) is 0 Å². The Labute approximate surface area is 166 Å². The molecule has 2 heterocycles. The topological polar surface area (TPSA) is 111 Å². The highest BCUT2D eigenvalue weighted by Gasteiger charge is 2.24. The maximum absolute atomic E-state index is 12.1. The molecule has 1 aromatic heterocycles. The Kier molecular flexibility index (Phi) is 6.30. The van der Waals surface area contributed by atoms with Gasteiger partial charge in [0.25, 0.3) is 0 Å². The molecule has 3 rings (SSSR count). The third-order valence-electron chi connectivity index (χ3n) is 4.17. The highest BCUT2D eigenvalue weighted by molar-refractivity contribution is 7.99. The molecule has 2 amide bonds. The molecule has 0 fully saturated rings. The predicted molar refractivity (Wildman–Crippen MR) is 104 cm³/mol. The van der Waals surface area contributed by atoms with Crippen molar-refractivity contribution in [2.75, 3.05) is 18.9 Å². The Hall–Kier alpha value is -2.88. The molecule has 9 nitrogen and oxygen atoms in total. The first-order chi connectivity index (χ1) is 13.5. The number of amides is 2. The maximum Gasteiger partial charge on any atom is 0.337 e. The molecule has 0 radical (unpaired) electrons. The van der Waals surface area contributed by atoms with Crippen LogP contribution in [0.1, 0.15) is 32.3 Å². The molecule has 1 aromatic carbocycles. The molecule has 10 heteroatoms. The average molecular weight is 402 g/mol. The summed E-state index contributed by atoms with van der Waals surface area (Å²) in [5.74, 6) is 0.314. The first kappa shape index (κ1) is 19.9. The van der Waals surface area contributed by atoms with Crippen LogP contribution >= 0.6 is 11.8 Å². The normalized spacial score (nSPS) is 14.1. The number of rotatable bonds is 7. The van der Waals surface area contributed by atoms with E-state index in [9.17, 15) is 9.59 Å². The molecule has 2 N–H and O–H groups in total. The summed E-state index contributed by atoms with van der Waals surface area (Å²) in [6.45, 7) is 6.40. The summed E-state index contributed by atoms with van der Waals surface area (Å²) in [5.41, 5.74) is 2.96. The monoisotopic (exact) mass is 402 g/mol. The van der Waals surface area contributed by atoms with E-state index in [0.717, 1.165) is 5.69 Å². The van der Waals surface area contributed by atoms with E-state index >= 15 is 0 Å². The average Bonchev–Trinajstić information content (AvgIpc) is 3.15. The van der Waals surface area contributed by atoms with Gasteiger partial charge < -0.3 is 15.4 Å². The molecule has 28 heavy (non-hydrogen) atoms. The van der Waals surface area contributed by atoms with Gasteiger partial charge in [-0.05, 0) is 41.0 Å². The second kappa shape index (κ2) is 8.87. The third-order valence-corrected chi connectivity index (χ3v) is 5.11. The van der Waals surface area contributed by atoms with Crippen LogP contribution in [0.15, 0.2) is 40.7 Å². The number of thioether (sulfide) groups is 1. The van der Waals surface area contributed by atoms with E-state index in [1.165, 1.54) is 17.3 Å². The van der Waals surface area contributed by atoms with Crippen molar-refractivity contribution in [3.8, 4) is 5.69 Å². The lowest BCUT2D eigenvalue weighted by atomic mass is 10.0. The van der Waals surface area contributed by atoms with E-state index in [1.54, 1.807) is 11.6 Å². The van der Waals surface area contributed by atoms with Gasteiger partial charge in [0.2, 0.25) is 5.16 Å². The molecule has 0 saturated heterocycles. The number of nitrogens with one attached hydrogen (secondary N) is 2. The summed E-state index contributed by atoms with van der Waals surface area (Å²) in [6.07, 6.45) is 0. The number of carbonyl (C=O) groups is 2. The van der Waals surface area contributed by atoms with Crippen LogP contribution in [0, 0.1) is 0 Å². The van der Waals surface area contributed by atoms with E-state index in [1.807, 2.05) is 24.3 Å². The first-order valence-corrected chi connectivity index (χ1v) is 9.93. The number of hydrogen-bond donors (Lipinski definition) is 2. The van der Waals surface area contributed by atoms with Crippen molar-refractivity contribution in [3.05, 3.63) is 41.1 Å². The lowest BCUT2D eigenvalue weighted by molar-refractivity contribution is -0.138. The van der Waals surface area contributed by atoms with Gasteiger partial charge in [-0.25, -0.2) is 9.59 Å². The highest BCUT2D eigenvalue weighted by Crippen LogP contribution is 2.23. The van der Waals surface area contributed by atoms with E-state index in [-0.39, 0.29) is 19.2 Å². The fourth-order valence-electron chi connectivity index (χ4n) is 2.64. The van der Waals surface area contributed by atoms with Crippen LogP contribution in [0.4, 0.5) is 4.79 Å². The Bertz CT molecular complexity index is 891. The number of nitrogens with zero attached hydrogens (tertiary/aromatic N) is 4. The van der Waals surface area contributed by atoms with Gasteiger partial charge in [0, 0.05) is 11.4 Å². The van der Waals surface area contributed by atoms with Gasteiger partial charge >= 0.3 is 12.0 Å². The molecule has 0 unspecified atom stereocenters. The summed E-state index contributed by atoms with van der Waals surface area (Å²) in [4.78, 5) is 23.8. The van der Waals surface area contributed by atoms with Crippen molar-refractivity contribution in [1.29, 1.82) is 0 Å². The summed E-state index contributed by atoms with van der Waals surface area (Å²) in [6, 6.07) is 7.67. The Morgan fingerprint density at radius 2 is 2.07 bits per heavy atom. The van der Waals surface area contributed by atoms with Crippen LogP contribution in [-0.2, 0) is 9.53 Å². The van der Waals surface area contributed by atoms with Gasteiger partial charge in [0.05, 0.1) is 24.4 Å². The Balaban J connectivity index is 1.78. The van der Waals surface area contributed by atoms with E-state index in [2.05, 4.69) is 40.0 Å². The number of esters is 1. The quantitative estimate of drug-likeness (QED) is 0.538. The second-order valence-corrected chi connectivity index (χ2v) is 7.34. The zero-order chi connectivity index (χ0) is 20.1. The lowest BCUT2D eigenvalue weighted by Crippen LogP contribution is -2.44. The maximum atomic E-state index is 12.1. The van der Waals surface area contributed by atoms with Gasteiger partial charge in [-0.1, -0.05) is 37.7 Å². The van der Waals surface area contributed by atoms with Crippen molar-refractivity contribution < 1.29 is 14.3 Å². The second-order valence-electron chi connectivity index (χ2n) is 6.39. The molecular formula is C18H22N6O3S. The fraction of sp³-hybridized carbons (Fsp3) is 0.389. The van der Waals surface area contributed by atoms with Crippen LogP contribution in [0.3, 0.4) is 0 Å². The van der Waals surface area contributed by atoms with Crippen molar-refractivity contribution in [1.82, 2.24) is 30.8 Å². The summed E-state index contributed by atoms with van der Waals surface area (Å²) in [5, 5.41) is 17.7. The molecule has 0 saturated carbocycles. The highest BCUT2D eigenvalue weighted by atomic mass is 32.2. The molecule has 148 valence electrons. The van der Waals surface area contributed by atoms with E-state index < -0.39 is 5.97 Å². The third kappa shape index (κ3) is 4.50. The van der Waals surface area contributed by atoms with Crippen molar-refractivity contribution >= 4 is 23.8 Å². The SMILES string of the molecule is CCOC(=O)C1=C(CSc2nnnn2-c2ccc(C(C)C)cc2)NC(=O)NC1. The Morgan fingerprint density at radius 3 is 2.75 bits per heavy atom. The zero-order valence-electron chi connectivity index (χ0n) is 15.9. The lowest BCUT2D eigenvalue weighted by Gasteiger charge is -2.20. The number of tetrazole rings is 1. The predicted octanol–water partition coefficient (Wildman–Crippen LogP) is 2.01. The number of carbonyl (C=O) groups excluding carboxylic acids is 2. The van der Waals surface area contributed by atoms with Gasteiger partial charge in [0.15, 0.2) is 0 Å². The molecule has 0 spiro atoms. The minimum atomic E-state index is -0.450. The van der Waals surface area contributed by atoms with E-state index in [0.29, 0.717) is 28.1 Å². The number of ether oxygens (including phenoxy) is 1. The smallest absolute Gasteiger partial charge is 0.337 e. The standard InChI is InChI=1S/C18H22N6O3S/c1-4-27-16(25)14-9-19-17(26)20-15(14)10-28-18-21-22-23-24(18)13-7-5-12(6-8-13)11(2)3/h5-8,11H,4,9-10H2,1-3H3,(H2,19,20,26). The van der Waals surface area contributed by atoms with Crippen molar-refractivity contribution in [2.24, 2.45) is 0 Å². The Morgan fingerprint density at radius 1 is 1.32 bits per heavy atom. The van der Waals surface area contributed by atoms with E-state index in [4.69, 9.17) is 4.74 Å². The number of hydrogen-bond acceptors (Lipinski definition) is 7. The van der Waals surface area contributed by atoms with Crippen LogP contribution in [0.5, 0.6) is 0 Å². The number of benzene rings is 1. The first-order valence-electron chi connectivity index (χ1n) is 8.95. The molecule has 0 aliphatic carbocycles. The van der Waals surface area contributed by atoms with Crippen molar-refractivity contribution in [3.63, 3.8) is 0 Å². The largest absolute Gasteiger partial charge is 0.463 e. The van der Waals surface area contributed by atoms with Crippen LogP contribution in [-0.4, -0.2) is 51.1 Å². The molecular weight excluding hydrogens is 380 g/mol. The minimum Gasteiger partial charge on any atom is -0.463 e. The van der Waals surface area contributed by atoms with Gasteiger partial charge in [0.1, 0.15) is 0 Å². The minimum absolute atomic E-state index is 0.127. The molecule has 1 aliphatic rings. The van der Waals surface area contributed by atoms with Crippen LogP contribution in [0.25, 0.3) is 5.69 Å². The zero-order valence-corrected chi connectivity index (χ0v) is 16.7. The van der Waals surface area contributed by atoms with Crippen LogP contribution < -0.4 is 10.6 Å². The number of urea groups is 1.